The fourth-order valence-electron chi connectivity index (χ4n) is 2.25. The summed E-state index contributed by atoms with van der Waals surface area (Å²) >= 11 is 0. The van der Waals surface area contributed by atoms with Crippen molar-refractivity contribution >= 4 is 11.8 Å². The molecular formula is C15H16N2O3. The fraction of sp³-hybridized carbons (Fsp3) is 0.333. The van der Waals surface area contributed by atoms with Gasteiger partial charge in [0, 0.05) is 24.8 Å². The molecule has 0 unspecified atom stereocenters. The lowest BCUT2D eigenvalue weighted by Gasteiger charge is -2.15. The lowest BCUT2D eigenvalue weighted by atomic mass is 10.3. The van der Waals surface area contributed by atoms with Gasteiger partial charge in [-0.15, -0.1) is 0 Å². The van der Waals surface area contributed by atoms with Gasteiger partial charge in [-0.05, 0) is 31.0 Å². The summed E-state index contributed by atoms with van der Waals surface area (Å²) in [6.07, 6.45) is 7.09. The first-order valence-electron chi connectivity index (χ1n) is 6.72. The highest BCUT2D eigenvalue weighted by atomic mass is 16.5. The maximum absolute atomic E-state index is 11.9. The molecular weight excluding hydrogens is 256 g/mol. The number of carbonyl (C=O) groups excluding carboxylic acids is 1. The zero-order valence-electron chi connectivity index (χ0n) is 11.1. The molecule has 0 amide bonds. The summed E-state index contributed by atoms with van der Waals surface area (Å²) in [5, 5.41) is 0. The van der Waals surface area contributed by atoms with E-state index in [1.54, 1.807) is 30.9 Å². The standard InChI is InChI=1S/C15H16N2O3/c18-15(20-11-12-5-8-19-10-12)13-3-4-14(16-9-13)17-6-1-2-7-17/h3-5,8-10H,1-2,6-7,11H2. The van der Waals surface area contributed by atoms with Gasteiger partial charge < -0.3 is 14.1 Å². The second-order valence-corrected chi connectivity index (χ2v) is 4.81. The molecule has 0 spiro atoms. The minimum Gasteiger partial charge on any atom is -0.472 e. The largest absolute Gasteiger partial charge is 0.472 e. The predicted molar refractivity (Wildman–Crippen MR) is 73.5 cm³/mol. The molecule has 0 radical (unpaired) electrons. The van der Waals surface area contributed by atoms with Crippen LogP contribution in [0.25, 0.3) is 0 Å². The minimum atomic E-state index is -0.369. The smallest absolute Gasteiger partial charge is 0.340 e. The zero-order valence-corrected chi connectivity index (χ0v) is 11.1. The number of rotatable bonds is 4. The fourth-order valence-corrected chi connectivity index (χ4v) is 2.25. The Bertz CT molecular complexity index is 557. The van der Waals surface area contributed by atoms with Gasteiger partial charge in [0.1, 0.15) is 12.4 Å². The molecule has 104 valence electrons. The minimum absolute atomic E-state index is 0.212. The van der Waals surface area contributed by atoms with Crippen LogP contribution < -0.4 is 4.90 Å². The molecule has 1 fully saturated rings. The molecule has 3 rings (SSSR count). The van der Waals surface area contributed by atoms with Gasteiger partial charge in [-0.1, -0.05) is 0 Å². The molecule has 3 heterocycles. The molecule has 0 aliphatic carbocycles. The number of furan rings is 1. The normalized spacial score (nSPS) is 14.5. The van der Waals surface area contributed by atoms with Crippen molar-refractivity contribution < 1.29 is 13.9 Å². The Morgan fingerprint density at radius 1 is 1.30 bits per heavy atom. The molecule has 2 aromatic heterocycles. The molecule has 5 heteroatoms. The first-order valence-corrected chi connectivity index (χ1v) is 6.72. The Morgan fingerprint density at radius 3 is 2.80 bits per heavy atom. The van der Waals surface area contributed by atoms with Crippen molar-refractivity contribution in [1.82, 2.24) is 4.98 Å². The third-order valence-corrected chi connectivity index (χ3v) is 3.36. The van der Waals surface area contributed by atoms with Gasteiger partial charge in [-0.3, -0.25) is 0 Å². The van der Waals surface area contributed by atoms with E-state index >= 15 is 0 Å². The van der Waals surface area contributed by atoms with E-state index in [1.807, 2.05) is 6.07 Å². The van der Waals surface area contributed by atoms with Crippen LogP contribution in [-0.2, 0) is 11.3 Å². The summed E-state index contributed by atoms with van der Waals surface area (Å²) < 4.78 is 10.1. The van der Waals surface area contributed by atoms with Crippen molar-refractivity contribution in [1.29, 1.82) is 0 Å². The number of aromatic nitrogens is 1. The molecule has 1 aliphatic rings. The molecule has 0 atom stereocenters. The Morgan fingerprint density at radius 2 is 2.15 bits per heavy atom. The first-order chi connectivity index (χ1) is 9.83. The average molecular weight is 272 g/mol. The van der Waals surface area contributed by atoms with Crippen LogP contribution in [0.5, 0.6) is 0 Å². The van der Waals surface area contributed by atoms with Gasteiger partial charge in [0.25, 0.3) is 0 Å². The molecule has 1 saturated heterocycles. The summed E-state index contributed by atoms with van der Waals surface area (Å²) in [7, 11) is 0. The SMILES string of the molecule is O=C(OCc1ccoc1)c1ccc(N2CCCC2)nc1. The molecule has 0 N–H and O–H groups in total. The number of nitrogens with zero attached hydrogens (tertiary/aromatic N) is 2. The van der Waals surface area contributed by atoms with E-state index in [2.05, 4.69) is 9.88 Å². The highest BCUT2D eigenvalue weighted by Gasteiger charge is 2.14. The zero-order chi connectivity index (χ0) is 13.8. The van der Waals surface area contributed by atoms with Crippen LogP contribution in [0.1, 0.15) is 28.8 Å². The van der Waals surface area contributed by atoms with E-state index in [0.29, 0.717) is 5.56 Å². The summed E-state index contributed by atoms with van der Waals surface area (Å²) in [4.78, 5) is 18.4. The molecule has 20 heavy (non-hydrogen) atoms. The monoisotopic (exact) mass is 272 g/mol. The molecule has 0 bridgehead atoms. The van der Waals surface area contributed by atoms with Crippen molar-refractivity contribution in [3.8, 4) is 0 Å². The number of ether oxygens (including phenoxy) is 1. The Labute approximate surface area is 117 Å². The van der Waals surface area contributed by atoms with E-state index < -0.39 is 0 Å². The lowest BCUT2D eigenvalue weighted by Crippen LogP contribution is -2.19. The highest BCUT2D eigenvalue weighted by Crippen LogP contribution is 2.18. The average Bonchev–Trinajstić information content (AvgIpc) is 3.18. The third-order valence-electron chi connectivity index (χ3n) is 3.36. The summed E-state index contributed by atoms with van der Waals surface area (Å²) in [5.74, 6) is 0.556. The Kier molecular flexibility index (Phi) is 3.67. The van der Waals surface area contributed by atoms with Crippen molar-refractivity contribution in [3.63, 3.8) is 0 Å². The van der Waals surface area contributed by atoms with Crippen molar-refractivity contribution in [2.75, 3.05) is 18.0 Å². The second kappa shape index (κ2) is 5.77. The molecule has 0 aromatic carbocycles. The van der Waals surface area contributed by atoms with Gasteiger partial charge >= 0.3 is 5.97 Å². The van der Waals surface area contributed by atoms with Gasteiger partial charge in [0.05, 0.1) is 18.1 Å². The number of hydrogen-bond donors (Lipinski definition) is 0. The molecule has 0 saturated carbocycles. The Hall–Kier alpha value is -2.30. The second-order valence-electron chi connectivity index (χ2n) is 4.81. The van der Waals surface area contributed by atoms with Crippen LogP contribution in [0, 0.1) is 0 Å². The van der Waals surface area contributed by atoms with Gasteiger partial charge in [0.15, 0.2) is 0 Å². The van der Waals surface area contributed by atoms with Gasteiger partial charge in [-0.2, -0.15) is 0 Å². The predicted octanol–water partition coefficient (Wildman–Crippen LogP) is 2.63. The Balaban J connectivity index is 1.60. The van der Waals surface area contributed by atoms with Crippen LogP contribution in [-0.4, -0.2) is 24.0 Å². The maximum atomic E-state index is 11.9. The van der Waals surface area contributed by atoms with Crippen molar-refractivity contribution in [3.05, 3.63) is 48.0 Å². The summed E-state index contributed by atoms with van der Waals surface area (Å²) in [6.45, 7) is 2.29. The van der Waals surface area contributed by atoms with Crippen molar-refractivity contribution in [2.45, 2.75) is 19.4 Å². The van der Waals surface area contributed by atoms with Gasteiger partial charge in [0.2, 0.25) is 0 Å². The molecule has 5 nitrogen and oxygen atoms in total. The lowest BCUT2D eigenvalue weighted by molar-refractivity contribution is 0.0471. The first kappa shape index (κ1) is 12.7. The maximum Gasteiger partial charge on any atom is 0.340 e. The van der Waals surface area contributed by atoms with E-state index in [1.165, 1.54) is 12.8 Å². The van der Waals surface area contributed by atoms with Crippen molar-refractivity contribution in [2.24, 2.45) is 0 Å². The highest BCUT2D eigenvalue weighted by molar-refractivity contribution is 5.89. The van der Waals surface area contributed by atoms with E-state index in [0.717, 1.165) is 24.5 Å². The van der Waals surface area contributed by atoms with E-state index in [-0.39, 0.29) is 12.6 Å². The third kappa shape index (κ3) is 2.82. The number of carbonyl (C=O) groups is 1. The van der Waals surface area contributed by atoms with Crippen LogP contribution in [0.2, 0.25) is 0 Å². The van der Waals surface area contributed by atoms with Gasteiger partial charge in [-0.25, -0.2) is 9.78 Å². The molecule has 1 aliphatic heterocycles. The summed E-state index contributed by atoms with van der Waals surface area (Å²) in [6, 6.07) is 5.40. The van der Waals surface area contributed by atoms with Crippen LogP contribution >= 0.6 is 0 Å². The quantitative estimate of drug-likeness (QED) is 0.801. The van der Waals surface area contributed by atoms with E-state index in [4.69, 9.17) is 9.15 Å². The summed E-state index contributed by atoms with van der Waals surface area (Å²) in [5.41, 5.74) is 1.30. The van der Waals surface area contributed by atoms with Crippen LogP contribution in [0.4, 0.5) is 5.82 Å². The topological polar surface area (TPSA) is 55.6 Å². The molecule has 2 aromatic rings. The number of esters is 1. The number of anilines is 1. The van der Waals surface area contributed by atoms with Crippen LogP contribution in [0.3, 0.4) is 0 Å². The van der Waals surface area contributed by atoms with Crippen LogP contribution in [0.15, 0.2) is 41.3 Å². The number of pyridine rings is 1. The number of hydrogen-bond acceptors (Lipinski definition) is 5. The van der Waals surface area contributed by atoms with E-state index in [9.17, 15) is 4.79 Å².